The summed E-state index contributed by atoms with van der Waals surface area (Å²) in [4.78, 5) is 16.1. The first-order chi connectivity index (χ1) is 13.2. The van der Waals surface area contributed by atoms with Gasteiger partial charge in [-0.25, -0.2) is 13.4 Å². The lowest BCUT2D eigenvalue weighted by Gasteiger charge is -2.06. The summed E-state index contributed by atoms with van der Waals surface area (Å²) in [5.41, 5.74) is 1.78. The van der Waals surface area contributed by atoms with E-state index in [0.717, 1.165) is 21.1 Å². The number of carbonyl (C=O) groups is 1. The van der Waals surface area contributed by atoms with E-state index in [-0.39, 0.29) is 11.5 Å². The van der Waals surface area contributed by atoms with E-state index in [2.05, 4.69) is 4.98 Å². The summed E-state index contributed by atoms with van der Waals surface area (Å²) in [6.07, 6.45) is 0. The maximum atomic E-state index is 11.9. The van der Waals surface area contributed by atoms with Gasteiger partial charge in [0.15, 0.2) is 15.6 Å². The van der Waals surface area contributed by atoms with Gasteiger partial charge >= 0.3 is 5.97 Å². The van der Waals surface area contributed by atoms with Crippen molar-refractivity contribution in [1.29, 1.82) is 0 Å². The number of benzene rings is 2. The highest BCUT2D eigenvalue weighted by Crippen LogP contribution is 2.30. The number of thiazole rings is 1. The molecule has 3 aromatic rings. The number of rotatable bonds is 7. The van der Waals surface area contributed by atoms with E-state index in [1.165, 1.54) is 35.6 Å². The molecule has 1 N–H and O–H groups in total. The number of aromatic nitrogens is 1. The molecule has 0 radical (unpaired) electrons. The molecule has 0 bridgehead atoms. The van der Waals surface area contributed by atoms with Crippen molar-refractivity contribution < 1.29 is 23.1 Å². The van der Waals surface area contributed by atoms with Crippen molar-refractivity contribution in [3.63, 3.8) is 0 Å². The minimum atomic E-state index is -3.85. The molecular formula is C19H16ClNO5S2. The minimum absolute atomic E-state index is 0.0561. The first-order valence-corrected chi connectivity index (χ1v) is 11.0. The van der Waals surface area contributed by atoms with Gasteiger partial charge in [-0.15, -0.1) is 11.3 Å². The fraction of sp³-hybridized carbons (Fsp3) is 0.158. The zero-order valence-corrected chi connectivity index (χ0v) is 17.1. The Balaban J connectivity index is 1.70. The molecule has 1 aromatic heterocycles. The monoisotopic (exact) mass is 437 g/mol. The molecular weight excluding hydrogens is 422 g/mol. The minimum Gasteiger partial charge on any atom is -0.488 e. The molecule has 0 atom stereocenters. The fourth-order valence-corrected chi connectivity index (χ4v) is 4.65. The van der Waals surface area contributed by atoms with E-state index < -0.39 is 21.6 Å². The van der Waals surface area contributed by atoms with Crippen LogP contribution in [0.1, 0.15) is 10.6 Å². The zero-order valence-electron chi connectivity index (χ0n) is 14.8. The molecule has 0 spiro atoms. The number of aliphatic carboxylic acids is 1. The van der Waals surface area contributed by atoms with Crippen LogP contribution in [0.15, 0.2) is 53.4 Å². The van der Waals surface area contributed by atoms with Crippen molar-refractivity contribution in [3.05, 3.63) is 64.1 Å². The van der Waals surface area contributed by atoms with Gasteiger partial charge in [-0.1, -0.05) is 23.7 Å². The molecule has 0 aliphatic carbocycles. The maximum absolute atomic E-state index is 11.9. The van der Waals surface area contributed by atoms with Crippen LogP contribution in [0.25, 0.3) is 10.6 Å². The Labute approximate surface area is 171 Å². The van der Waals surface area contributed by atoms with Gasteiger partial charge in [-0.3, -0.25) is 4.79 Å². The van der Waals surface area contributed by atoms with Gasteiger partial charge in [0.2, 0.25) is 0 Å². The number of hydrogen-bond acceptors (Lipinski definition) is 6. The lowest BCUT2D eigenvalue weighted by molar-refractivity contribution is -0.134. The standard InChI is InChI=1S/C19H16ClNO5S2/c1-12-17(27-19(21-12)13-3-2-4-14(20)9-13)10-26-15-5-7-16(8-6-15)28(24,25)11-18(22)23/h2-9H,10-11H2,1H3,(H,22,23). The van der Waals surface area contributed by atoms with Crippen LogP contribution in [0, 0.1) is 6.92 Å². The lowest BCUT2D eigenvalue weighted by atomic mass is 10.2. The zero-order chi connectivity index (χ0) is 20.3. The van der Waals surface area contributed by atoms with E-state index in [4.69, 9.17) is 21.4 Å². The number of aryl methyl sites for hydroxylation is 1. The number of nitrogens with zero attached hydrogens (tertiary/aromatic N) is 1. The van der Waals surface area contributed by atoms with Crippen molar-refractivity contribution >= 4 is 38.7 Å². The first kappa shape index (κ1) is 20.3. The Morgan fingerprint density at radius 2 is 1.93 bits per heavy atom. The summed E-state index contributed by atoms with van der Waals surface area (Å²) in [6, 6.07) is 13.1. The van der Waals surface area contributed by atoms with E-state index in [9.17, 15) is 13.2 Å². The highest BCUT2D eigenvalue weighted by atomic mass is 35.5. The molecule has 146 valence electrons. The van der Waals surface area contributed by atoms with Crippen molar-refractivity contribution in [2.75, 3.05) is 5.75 Å². The van der Waals surface area contributed by atoms with Gasteiger partial charge < -0.3 is 9.84 Å². The smallest absolute Gasteiger partial charge is 0.319 e. The summed E-state index contributed by atoms with van der Waals surface area (Å²) in [5.74, 6) is -1.86. The maximum Gasteiger partial charge on any atom is 0.319 e. The largest absolute Gasteiger partial charge is 0.488 e. The first-order valence-electron chi connectivity index (χ1n) is 8.14. The molecule has 28 heavy (non-hydrogen) atoms. The normalized spacial score (nSPS) is 11.4. The molecule has 0 aliphatic heterocycles. The summed E-state index contributed by atoms with van der Waals surface area (Å²) >= 11 is 7.53. The molecule has 0 saturated carbocycles. The van der Waals surface area contributed by atoms with Crippen molar-refractivity contribution in [1.82, 2.24) is 4.98 Å². The average Bonchev–Trinajstić information content (AvgIpc) is 3.00. The molecule has 0 saturated heterocycles. The summed E-state index contributed by atoms with van der Waals surface area (Å²) < 4.78 is 29.5. The van der Waals surface area contributed by atoms with Crippen LogP contribution in [0.5, 0.6) is 5.75 Å². The number of halogens is 1. The Morgan fingerprint density at radius 3 is 2.57 bits per heavy atom. The van der Waals surface area contributed by atoms with Crippen LogP contribution >= 0.6 is 22.9 Å². The SMILES string of the molecule is Cc1nc(-c2cccc(Cl)c2)sc1COc1ccc(S(=O)(=O)CC(=O)O)cc1. The molecule has 0 fully saturated rings. The third-order valence-corrected chi connectivity index (χ3v) is 6.86. The number of hydrogen-bond donors (Lipinski definition) is 1. The van der Waals surface area contributed by atoms with Gasteiger partial charge in [-0.2, -0.15) is 0 Å². The summed E-state index contributed by atoms with van der Waals surface area (Å²) in [6.45, 7) is 2.18. The molecule has 9 heteroatoms. The van der Waals surface area contributed by atoms with Crippen LogP contribution in [0.4, 0.5) is 0 Å². The van der Waals surface area contributed by atoms with E-state index in [0.29, 0.717) is 10.8 Å². The number of carboxylic acid groups (broad SMARTS) is 1. The van der Waals surface area contributed by atoms with Crippen LogP contribution in [0.3, 0.4) is 0 Å². The molecule has 0 aliphatic rings. The molecule has 0 amide bonds. The van der Waals surface area contributed by atoms with Gasteiger partial charge in [-0.05, 0) is 43.3 Å². The second-order valence-corrected chi connectivity index (χ2v) is 9.46. The molecule has 3 rings (SSSR count). The highest BCUT2D eigenvalue weighted by molar-refractivity contribution is 7.92. The Hall–Kier alpha value is -2.42. The number of ether oxygens (including phenoxy) is 1. The second kappa shape index (κ2) is 8.30. The topological polar surface area (TPSA) is 93.6 Å². The highest BCUT2D eigenvalue weighted by Gasteiger charge is 2.18. The molecule has 2 aromatic carbocycles. The predicted molar refractivity (Wildman–Crippen MR) is 108 cm³/mol. The second-order valence-electron chi connectivity index (χ2n) is 5.95. The van der Waals surface area contributed by atoms with Crippen molar-refractivity contribution in [3.8, 4) is 16.3 Å². The predicted octanol–water partition coefficient (Wildman–Crippen LogP) is 4.21. The molecule has 0 unspecified atom stereocenters. The van der Waals surface area contributed by atoms with Crippen LogP contribution in [-0.2, 0) is 21.2 Å². The van der Waals surface area contributed by atoms with Gasteiger partial charge in [0.05, 0.1) is 15.5 Å². The van der Waals surface area contributed by atoms with Gasteiger partial charge in [0.1, 0.15) is 17.4 Å². The quantitative estimate of drug-likeness (QED) is 0.595. The third kappa shape index (κ3) is 4.89. The van der Waals surface area contributed by atoms with Crippen LogP contribution < -0.4 is 4.74 Å². The summed E-state index contributed by atoms with van der Waals surface area (Å²) in [5, 5.41) is 10.2. The Bertz CT molecular complexity index is 1110. The molecule has 6 nitrogen and oxygen atoms in total. The fourth-order valence-electron chi connectivity index (χ4n) is 2.44. The van der Waals surface area contributed by atoms with Crippen LogP contribution in [0.2, 0.25) is 5.02 Å². The Kier molecular flexibility index (Phi) is 6.02. The van der Waals surface area contributed by atoms with Crippen molar-refractivity contribution in [2.45, 2.75) is 18.4 Å². The number of sulfone groups is 1. The van der Waals surface area contributed by atoms with Crippen molar-refractivity contribution in [2.24, 2.45) is 0 Å². The van der Waals surface area contributed by atoms with Gasteiger partial charge in [0.25, 0.3) is 0 Å². The summed E-state index contributed by atoms with van der Waals surface area (Å²) in [7, 11) is -3.85. The van der Waals surface area contributed by atoms with E-state index in [1.54, 1.807) is 6.07 Å². The average molecular weight is 438 g/mol. The lowest BCUT2D eigenvalue weighted by Crippen LogP contribution is -2.15. The Morgan fingerprint density at radius 1 is 1.21 bits per heavy atom. The van der Waals surface area contributed by atoms with Crippen LogP contribution in [-0.4, -0.2) is 30.2 Å². The molecule has 1 heterocycles. The van der Waals surface area contributed by atoms with E-state index in [1.807, 2.05) is 25.1 Å². The van der Waals surface area contributed by atoms with Gasteiger partial charge in [0, 0.05) is 10.6 Å². The number of carboxylic acids is 1. The van der Waals surface area contributed by atoms with E-state index >= 15 is 0 Å². The third-order valence-electron chi connectivity index (χ3n) is 3.83.